The maximum atomic E-state index is 13.4. The molecule has 0 aromatic rings. The lowest BCUT2D eigenvalue weighted by Crippen LogP contribution is -2.61. The summed E-state index contributed by atoms with van der Waals surface area (Å²) in [6.07, 6.45) is 66.4. The van der Waals surface area contributed by atoms with Crippen LogP contribution >= 0.6 is 0 Å². The Balaban J connectivity index is 2.67. The Hall–Kier alpha value is -4.20. The summed E-state index contributed by atoms with van der Waals surface area (Å²) >= 11 is 0. The summed E-state index contributed by atoms with van der Waals surface area (Å²) in [4.78, 5) is 26.5. The number of ether oxygens (including phenoxy) is 3. The van der Waals surface area contributed by atoms with Gasteiger partial charge in [0.1, 0.15) is 24.4 Å². The fourth-order valence-corrected chi connectivity index (χ4v) is 8.78. The average Bonchev–Trinajstić information content (AvgIpc) is 3.48. The molecule has 0 aromatic carbocycles. The summed E-state index contributed by atoms with van der Waals surface area (Å²) in [5.74, 6) is -1.26. The predicted octanol–water partition coefficient (Wildman–Crippen LogP) is 14.8. The average molecular weight is 1100 g/mol. The molecule has 6 N–H and O–H groups in total. The number of aliphatic hydroxyl groups is 5. The van der Waals surface area contributed by atoms with E-state index in [1.54, 1.807) is 6.08 Å². The highest BCUT2D eigenvalue weighted by atomic mass is 16.7. The Labute approximate surface area is 480 Å². The molecule has 1 amide bonds. The smallest absolute Gasteiger partial charge is 0.306 e. The second kappa shape index (κ2) is 54.4. The van der Waals surface area contributed by atoms with E-state index in [0.717, 1.165) is 122 Å². The van der Waals surface area contributed by atoms with Gasteiger partial charge in [-0.2, -0.15) is 0 Å². The molecule has 0 saturated carbocycles. The van der Waals surface area contributed by atoms with E-state index in [9.17, 15) is 35.1 Å². The highest BCUT2D eigenvalue weighted by Gasteiger charge is 2.47. The molecule has 79 heavy (non-hydrogen) atoms. The van der Waals surface area contributed by atoms with Gasteiger partial charge in [-0.3, -0.25) is 9.59 Å². The second-order valence-corrected chi connectivity index (χ2v) is 20.8. The summed E-state index contributed by atoms with van der Waals surface area (Å²) in [6.45, 7) is 5.48. The van der Waals surface area contributed by atoms with Gasteiger partial charge in [0.15, 0.2) is 12.4 Å². The van der Waals surface area contributed by atoms with Gasteiger partial charge in [0.05, 0.1) is 25.4 Å². The minimum absolute atomic E-state index is 0.0926. The molecule has 8 unspecified atom stereocenters. The van der Waals surface area contributed by atoms with Crippen LogP contribution in [0.15, 0.2) is 134 Å². The van der Waals surface area contributed by atoms with Crippen molar-refractivity contribution in [2.45, 2.75) is 269 Å². The maximum Gasteiger partial charge on any atom is 0.306 e. The molecule has 1 heterocycles. The van der Waals surface area contributed by atoms with E-state index in [2.05, 4.69) is 105 Å². The number of carbonyl (C=O) groups is 2. The molecule has 1 rings (SSSR count). The number of nitrogens with one attached hydrogen (secondary N) is 1. The summed E-state index contributed by atoms with van der Waals surface area (Å²) in [5, 5.41) is 56.9. The van der Waals surface area contributed by atoms with Crippen LogP contribution in [0.5, 0.6) is 0 Å². The summed E-state index contributed by atoms with van der Waals surface area (Å²) < 4.78 is 17.6. The molecule has 1 aliphatic heterocycles. The van der Waals surface area contributed by atoms with Crippen LogP contribution in [0, 0.1) is 0 Å². The van der Waals surface area contributed by atoms with Crippen LogP contribution in [-0.4, -0.2) is 99.6 Å². The number of carbonyl (C=O) groups excluding carboxylic acids is 2. The van der Waals surface area contributed by atoms with Crippen molar-refractivity contribution in [1.82, 2.24) is 5.32 Å². The Bertz CT molecular complexity index is 1790. The largest absolute Gasteiger partial charge is 0.454 e. The predicted molar refractivity (Wildman–Crippen MR) is 328 cm³/mol. The van der Waals surface area contributed by atoms with Gasteiger partial charge in [0.2, 0.25) is 5.91 Å². The Morgan fingerprint density at radius 2 is 0.975 bits per heavy atom. The van der Waals surface area contributed by atoms with Crippen molar-refractivity contribution in [1.29, 1.82) is 0 Å². The number of unbranched alkanes of at least 4 members (excludes halogenated alkanes) is 19. The number of rotatable bonds is 50. The first-order valence-electron chi connectivity index (χ1n) is 31.0. The lowest BCUT2D eigenvalue weighted by Gasteiger charge is -2.41. The van der Waals surface area contributed by atoms with E-state index in [1.807, 2.05) is 48.6 Å². The van der Waals surface area contributed by atoms with Crippen LogP contribution < -0.4 is 5.32 Å². The van der Waals surface area contributed by atoms with Crippen molar-refractivity contribution in [2.75, 3.05) is 13.2 Å². The van der Waals surface area contributed by atoms with Crippen LogP contribution in [0.2, 0.25) is 0 Å². The van der Waals surface area contributed by atoms with E-state index in [-0.39, 0.29) is 19.4 Å². The highest BCUT2D eigenvalue weighted by molar-refractivity contribution is 5.80. The Kier molecular flexibility index (Phi) is 50.1. The van der Waals surface area contributed by atoms with E-state index in [4.69, 9.17) is 14.2 Å². The van der Waals surface area contributed by atoms with Crippen molar-refractivity contribution in [2.24, 2.45) is 0 Å². The Morgan fingerprint density at radius 3 is 1.52 bits per heavy atom. The van der Waals surface area contributed by atoms with Crippen molar-refractivity contribution in [3.05, 3.63) is 134 Å². The number of hydrogen-bond donors (Lipinski definition) is 6. The second-order valence-electron chi connectivity index (χ2n) is 20.8. The molecule has 0 aliphatic carbocycles. The zero-order valence-electron chi connectivity index (χ0n) is 49.4. The summed E-state index contributed by atoms with van der Waals surface area (Å²) in [6, 6.07) is -1.06. The van der Waals surface area contributed by atoms with Crippen molar-refractivity contribution in [3.8, 4) is 0 Å². The topological polar surface area (TPSA) is 175 Å². The van der Waals surface area contributed by atoms with Gasteiger partial charge in [-0.1, -0.05) is 251 Å². The molecular weight excluding hydrogens is 991 g/mol. The van der Waals surface area contributed by atoms with Gasteiger partial charge in [0.25, 0.3) is 0 Å². The van der Waals surface area contributed by atoms with E-state index >= 15 is 0 Å². The zero-order valence-corrected chi connectivity index (χ0v) is 49.4. The fourth-order valence-electron chi connectivity index (χ4n) is 8.78. The number of esters is 1. The number of hydrogen-bond acceptors (Lipinski definition) is 10. The first-order valence-corrected chi connectivity index (χ1v) is 31.0. The number of allylic oxidation sites excluding steroid dienone is 21. The van der Waals surface area contributed by atoms with Gasteiger partial charge < -0.3 is 45.1 Å². The molecule has 0 bridgehead atoms. The lowest BCUT2D eigenvalue weighted by atomic mass is 9.99. The van der Waals surface area contributed by atoms with Crippen LogP contribution in [0.3, 0.4) is 0 Å². The first kappa shape index (κ1) is 72.8. The molecule has 8 atom stereocenters. The molecule has 0 radical (unpaired) electrons. The number of amides is 1. The normalized spacial score (nSPS) is 19.8. The van der Waals surface area contributed by atoms with Gasteiger partial charge >= 0.3 is 5.97 Å². The molecule has 1 saturated heterocycles. The molecule has 0 spiro atoms. The maximum absolute atomic E-state index is 13.4. The van der Waals surface area contributed by atoms with Crippen LogP contribution in [0.4, 0.5) is 0 Å². The molecule has 11 nitrogen and oxygen atoms in total. The third-order valence-corrected chi connectivity index (χ3v) is 13.6. The van der Waals surface area contributed by atoms with Crippen molar-refractivity contribution in [3.63, 3.8) is 0 Å². The quantitative estimate of drug-likeness (QED) is 0.0149. The van der Waals surface area contributed by atoms with E-state index < -0.39 is 67.4 Å². The van der Waals surface area contributed by atoms with Crippen molar-refractivity contribution >= 4 is 11.9 Å². The third kappa shape index (κ3) is 42.3. The minimum atomic E-state index is -1.64. The summed E-state index contributed by atoms with van der Waals surface area (Å²) in [5.41, 5.74) is 0. The van der Waals surface area contributed by atoms with E-state index in [1.165, 1.54) is 51.4 Å². The molecular formula is C68H111NO10. The summed E-state index contributed by atoms with van der Waals surface area (Å²) in [7, 11) is 0. The molecule has 0 aromatic heterocycles. The van der Waals surface area contributed by atoms with E-state index in [0.29, 0.717) is 12.8 Å². The first-order chi connectivity index (χ1) is 38.7. The van der Waals surface area contributed by atoms with Gasteiger partial charge in [-0.15, -0.1) is 0 Å². The lowest BCUT2D eigenvalue weighted by molar-refractivity contribution is -0.305. The standard InChI is InChI=1S/C68H111NO10/c1-4-7-10-13-16-19-22-25-26-27-28-29-30-31-32-33-34-35-36-38-41-44-47-50-53-56-63(73)79-66-65(75)64(74)62(57-70)78-68(66)77-58-59(60(71)54-51-48-45-42-40-37-23-20-17-14-11-8-5-2)69-67(76)61(72)55-52-49-46-43-39-24-21-18-15-12-9-6-3/h7,9-10,12,15-16,18-19,21,24-26,28-29,31-32,34-35,39,43,51,54,59-62,64-66,68,70-72,74-75H,4-6,8,11,13-14,17,20,22-23,27,30,33,36-38,40-42,44-50,52-53,55-58H2,1-3H3,(H,69,76)/b10-7-,12-9+,18-15+,19-16-,24-21-,26-25-,29-28-,32-31-,35-34-,43-39-,54-51+. The van der Waals surface area contributed by atoms with Crippen LogP contribution in [-0.2, 0) is 23.8 Å². The van der Waals surface area contributed by atoms with Crippen LogP contribution in [0.25, 0.3) is 0 Å². The number of aliphatic hydroxyl groups excluding tert-OH is 5. The monoisotopic (exact) mass is 1100 g/mol. The Morgan fingerprint density at radius 1 is 0.519 bits per heavy atom. The highest BCUT2D eigenvalue weighted by Crippen LogP contribution is 2.26. The minimum Gasteiger partial charge on any atom is -0.454 e. The van der Waals surface area contributed by atoms with Crippen molar-refractivity contribution < 1.29 is 49.3 Å². The molecule has 11 heteroatoms. The van der Waals surface area contributed by atoms with Crippen LogP contribution in [0.1, 0.15) is 220 Å². The van der Waals surface area contributed by atoms with Gasteiger partial charge in [-0.25, -0.2) is 0 Å². The molecule has 448 valence electrons. The SMILES string of the molecule is CC/C=C\C/C=C\C/C=C\C/C=C\C/C=C\C/C=C\CCCCCCCCC(=O)OC1C(OCC(NC(=O)C(O)CCCC\C=C/C=C\C=C\C=C\CC)C(O)/C=C/CCCCCCCCCCCCC)OC(CO)C(O)C1O. The van der Waals surface area contributed by atoms with Gasteiger partial charge in [0, 0.05) is 6.42 Å². The fraction of sp³-hybridized carbons (Fsp3) is 0.647. The third-order valence-electron chi connectivity index (χ3n) is 13.6. The molecule has 1 aliphatic rings. The zero-order chi connectivity index (χ0) is 57.5. The van der Waals surface area contributed by atoms with Gasteiger partial charge in [-0.05, 0) is 96.3 Å². The molecule has 1 fully saturated rings.